The number of rotatable bonds is 6. The quantitative estimate of drug-likeness (QED) is 0.735. The van der Waals surface area contributed by atoms with Gasteiger partial charge in [0.05, 0.1) is 31.7 Å². The zero-order valence-corrected chi connectivity index (χ0v) is 14.5. The van der Waals surface area contributed by atoms with Gasteiger partial charge in [0.15, 0.2) is 0 Å². The fourth-order valence-electron chi connectivity index (χ4n) is 3.58. The minimum absolute atomic E-state index is 0.00913. The molecule has 7 heteroatoms. The highest BCUT2D eigenvalue weighted by molar-refractivity contribution is 5.84. The zero-order chi connectivity index (χ0) is 17.8. The number of likely N-dealkylation sites (tertiary alicyclic amines) is 1. The first-order valence-electron chi connectivity index (χ1n) is 8.79. The van der Waals surface area contributed by atoms with Crippen molar-refractivity contribution in [2.24, 2.45) is 0 Å². The molecule has 0 radical (unpaired) electrons. The number of nitrogens with one attached hydrogen (secondary N) is 1. The molecule has 0 aromatic carbocycles. The Kier molecular flexibility index (Phi) is 4.62. The molecule has 1 saturated heterocycles. The molecule has 1 fully saturated rings. The number of carbonyl (C=O) groups excluding carboxylic acids is 1. The Hall–Kier alpha value is -2.80. The number of furan rings is 2. The van der Waals surface area contributed by atoms with E-state index in [1.165, 1.54) is 0 Å². The van der Waals surface area contributed by atoms with Crippen LogP contribution in [-0.2, 0) is 23.4 Å². The zero-order valence-electron chi connectivity index (χ0n) is 14.5. The van der Waals surface area contributed by atoms with Crippen LogP contribution in [0.1, 0.15) is 24.2 Å². The molecule has 0 atom stereocenters. The van der Waals surface area contributed by atoms with Crippen molar-refractivity contribution in [1.29, 1.82) is 0 Å². The average Bonchev–Trinajstić information content (AvgIpc) is 3.43. The van der Waals surface area contributed by atoms with Crippen molar-refractivity contribution >= 4 is 5.91 Å². The molecular formula is C19H22N4O3. The lowest BCUT2D eigenvalue weighted by Gasteiger charge is -2.41. The molecule has 1 amide bonds. The van der Waals surface area contributed by atoms with Gasteiger partial charge in [-0.2, -0.15) is 0 Å². The van der Waals surface area contributed by atoms with E-state index in [2.05, 4.69) is 15.2 Å². The third-order valence-corrected chi connectivity index (χ3v) is 5.09. The number of aromatic nitrogens is 2. The van der Waals surface area contributed by atoms with E-state index in [-0.39, 0.29) is 5.91 Å². The molecule has 1 aliphatic rings. The summed E-state index contributed by atoms with van der Waals surface area (Å²) >= 11 is 0. The molecule has 4 rings (SSSR count). The third-order valence-electron chi connectivity index (χ3n) is 5.09. The number of nitrogens with zero attached hydrogens (tertiary/aromatic N) is 3. The van der Waals surface area contributed by atoms with Crippen molar-refractivity contribution in [3.8, 4) is 0 Å². The summed E-state index contributed by atoms with van der Waals surface area (Å²) in [7, 11) is 0. The summed E-state index contributed by atoms with van der Waals surface area (Å²) in [5, 5.41) is 3.03. The van der Waals surface area contributed by atoms with E-state index >= 15 is 0 Å². The highest BCUT2D eigenvalue weighted by Crippen LogP contribution is 2.31. The van der Waals surface area contributed by atoms with Crippen molar-refractivity contribution in [2.45, 2.75) is 31.5 Å². The third kappa shape index (κ3) is 3.30. The van der Waals surface area contributed by atoms with Gasteiger partial charge in [-0.15, -0.1) is 0 Å². The van der Waals surface area contributed by atoms with Gasteiger partial charge in [0.2, 0.25) is 5.91 Å². The molecule has 3 aromatic rings. The minimum atomic E-state index is -0.615. The van der Waals surface area contributed by atoms with Gasteiger partial charge in [-0.25, -0.2) is 4.98 Å². The van der Waals surface area contributed by atoms with Crippen LogP contribution < -0.4 is 5.32 Å². The van der Waals surface area contributed by atoms with Gasteiger partial charge in [0.1, 0.15) is 11.3 Å². The van der Waals surface area contributed by atoms with Crippen LogP contribution >= 0.6 is 0 Å². The maximum Gasteiger partial charge on any atom is 0.246 e. The monoisotopic (exact) mass is 354 g/mol. The van der Waals surface area contributed by atoms with Crippen LogP contribution in [-0.4, -0.2) is 33.4 Å². The average molecular weight is 354 g/mol. The lowest BCUT2D eigenvalue weighted by molar-refractivity contribution is -0.133. The second kappa shape index (κ2) is 7.21. The molecule has 3 aromatic heterocycles. The molecule has 136 valence electrons. The van der Waals surface area contributed by atoms with Crippen molar-refractivity contribution in [3.63, 3.8) is 0 Å². The number of piperidine rings is 1. The molecule has 0 spiro atoms. The highest BCUT2D eigenvalue weighted by Gasteiger charge is 2.42. The first-order chi connectivity index (χ1) is 12.8. The van der Waals surface area contributed by atoms with Crippen LogP contribution in [0.15, 0.2) is 64.5 Å². The lowest BCUT2D eigenvalue weighted by atomic mass is 9.86. The number of imidazole rings is 1. The van der Waals surface area contributed by atoms with E-state index in [0.29, 0.717) is 6.54 Å². The maximum atomic E-state index is 13.1. The SMILES string of the molecule is O=C(NCc1ccco1)C1(n2ccnc2)CCN(Cc2ccoc2)CC1. The van der Waals surface area contributed by atoms with E-state index in [9.17, 15) is 4.79 Å². The van der Waals surface area contributed by atoms with E-state index in [1.807, 2.05) is 29.0 Å². The fourth-order valence-corrected chi connectivity index (χ4v) is 3.58. The lowest BCUT2D eigenvalue weighted by Crippen LogP contribution is -2.54. The largest absolute Gasteiger partial charge is 0.472 e. The second-order valence-electron chi connectivity index (χ2n) is 6.67. The smallest absolute Gasteiger partial charge is 0.246 e. The van der Waals surface area contributed by atoms with Crippen molar-refractivity contribution in [2.75, 3.05) is 13.1 Å². The molecule has 0 bridgehead atoms. The summed E-state index contributed by atoms with van der Waals surface area (Å²) in [5.74, 6) is 0.756. The molecular weight excluding hydrogens is 332 g/mol. The number of hydrogen-bond acceptors (Lipinski definition) is 5. The van der Waals surface area contributed by atoms with Crippen LogP contribution in [0.25, 0.3) is 0 Å². The Morgan fingerprint density at radius 2 is 2.15 bits per heavy atom. The van der Waals surface area contributed by atoms with Crippen LogP contribution in [0.2, 0.25) is 0 Å². The van der Waals surface area contributed by atoms with E-state index in [1.54, 1.807) is 31.3 Å². The van der Waals surface area contributed by atoms with Crippen molar-refractivity contribution in [3.05, 3.63) is 67.0 Å². The second-order valence-corrected chi connectivity index (χ2v) is 6.67. The molecule has 7 nitrogen and oxygen atoms in total. The van der Waals surface area contributed by atoms with Gasteiger partial charge in [-0.1, -0.05) is 0 Å². The van der Waals surface area contributed by atoms with Gasteiger partial charge in [-0.3, -0.25) is 9.69 Å². The van der Waals surface area contributed by atoms with Gasteiger partial charge in [0, 0.05) is 37.6 Å². The molecule has 4 heterocycles. The highest BCUT2D eigenvalue weighted by atomic mass is 16.3. The van der Waals surface area contributed by atoms with Gasteiger partial charge in [-0.05, 0) is 31.0 Å². The first kappa shape index (κ1) is 16.7. The van der Waals surface area contributed by atoms with Crippen LogP contribution in [0, 0.1) is 0 Å². The Bertz CT molecular complexity index is 801. The molecule has 0 unspecified atom stereocenters. The molecule has 26 heavy (non-hydrogen) atoms. The van der Waals surface area contributed by atoms with E-state index < -0.39 is 5.54 Å². The van der Waals surface area contributed by atoms with Crippen LogP contribution in [0.5, 0.6) is 0 Å². The number of amides is 1. The molecule has 1 aliphatic heterocycles. The number of hydrogen-bond donors (Lipinski definition) is 1. The summed E-state index contributed by atoms with van der Waals surface area (Å²) in [4.78, 5) is 19.6. The normalized spacial score (nSPS) is 17.2. The van der Waals surface area contributed by atoms with E-state index in [4.69, 9.17) is 8.83 Å². The summed E-state index contributed by atoms with van der Waals surface area (Å²) in [6.07, 6.45) is 11.9. The standard InChI is InChI=1S/C19H22N4O3/c24-18(21-12-17-2-1-10-26-17)19(23-9-6-20-15-23)4-7-22(8-5-19)13-16-3-11-25-14-16/h1-3,6,9-11,14-15H,4-5,7-8,12-13H2,(H,21,24). The predicted molar refractivity (Wildman–Crippen MR) is 94.0 cm³/mol. The van der Waals surface area contributed by atoms with Gasteiger partial charge < -0.3 is 18.7 Å². The summed E-state index contributed by atoms with van der Waals surface area (Å²) in [6.45, 7) is 2.89. The van der Waals surface area contributed by atoms with Gasteiger partial charge in [0.25, 0.3) is 0 Å². The topological polar surface area (TPSA) is 76.4 Å². The Balaban J connectivity index is 1.46. The molecule has 0 saturated carbocycles. The molecule has 0 aliphatic carbocycles. The number of carbonyl (C=O) groups is 1. The maximum absolute atomic E-state index is 13.1. The first-order valence-corrected chi connectivity index (χ1v) is 8.79. The van der Waals surface area contributed by atoms with E-state index in [0.717, 1.165) is 43.8 Å². The Morgan fingerprint density at radius 1 is 1.27 bits per heavy atom. The Labute approximate surface area is 151 Å². The minimum Gasteiger partial charge on any atom is -0.472 e. The van der Waals surface area contributed by atoms with Crippen LogP contribution in [0.4, 0.5) is 0 Å². The van der Waals surface area contributed by atoms with Crippen molar-refractivity contribution in [1.82, 2.24) is 19.8 Å². The Morgan fingerprint density at radius 3 is 2.81 bits per heavy atom. The summed E-state index contributed by atoms with van der Waals surface area (Å²) in [5.41, 5.74) is 0.540. The van der Waals surface area contributed by atoms with Crippen molar-refractivity contribution < 1.29 is 13.6 Å². The van der Waals surface area contributed by atoms with Gasteiger partial charge >= 0.3 is 0 Å². The predicted octanol–water partition coefficient (Wildman–Crippen LogP) is 2.38. The van der Waals surface area contributed by atoms with Crippen LogP contribution in [0.3, 0.4) is 0 Å². The molecule has 1 N–H and O–H groups in total. The fraction of sp³-hybridized carbons (Fsp3) is 0.368. The summed E-state index contributed by atoms with van der Waals surface area (Å²) in [6, 6.07) is 5.66. The summed E-state index contributed by atoms with van der Waals surface area (Å²) < 4.78 is 12.4.